The Balaban J connectivity index is 1.68. The van der Waals surface area contributed by atoms with E-state index in [1.807, 2.05) is 0 Å². The molecule has 4 aliphatic rings. The molecule has 0 aliphatic heterocycles. The third-order valence-corrected chi connectivity index (χ3v) is 9.29. The van der Waals surface area contributed by atoms with Crippen molar-refractivity contribution in [1.29, 1.82) is 0 Å². The van der Waals surface area contributed by atoms with Gasteiger partial charge in [0.15, 0.2) is 0 Å². The van der Waals surface area contributed by atoms with Gasteiger partial charge in [0, 0.05) is 0 Å². The molecule has 0 heterocycles. The number of fused-ring (bicyclic) bond motifs is 3. The summed E-state index contributed by atoms with van der Waals surface area (Å²) in [6.07, 6.45) is 10.1. The van der Waals surface area contributed by atoms with E-state index in [0.717, 1.165) is 38.5 Å². The van der Waals surface area contributed by atoms with Crippen molar-refractivity contribution in [2.75, 3.05) is 14.2 Å². The molecule has 7 atom stereocenters. The first-order valence-corrected chi connectivity index (χ1v) is 10.5. The fraction of sp³-hybridized carbons (Fsp3) is 0.909. The van der Waals surface area contributed by atoms with Crippen molar-refractivity contribution in [3.63, 3.8) is 0 Å². The van der Waals surface area contributed by atoms with Crippen LogP contribution in [-0.4, -0.2) is 26.2 Å². The Hall–Kier alpha value is -1.06. The summed E-state index contributed by atoms with van der Waals surface area (Å²) in [5.74, 6) is 1.62. The van der Waals surface area contributed by atoms with E-state index >= 15 is 0 Å². The topological polar surface area (TPSA) is 52.6 Å². The summed E-state index contributed by atoms with van der Waals surface area (Å²) in [5.41, 5.74) is 0.136. The minimum atomic E-state index is -0.347. The third kappa shape index (κ3) is 2.26. The van der Waals surface area contributed by atoms with Gasteiger partial charge in [0.2, 0.25) is 0 Å². The van der Waals surface area contributed by atoms with Gasteiger partial charge < -0.3 is 9.47 Å². The first-order chi connectivity index (χ1) is 12.3. The molecule has 4 heteroatoms. The van der Waals surface area contributed by atoms with Crippen molar-refractivity contribution >= 4 is 11.9 Å². The van der Waals surface area contributed by atoms with Crippen LogP contribution >= 0.6 is 0 Å². The normalized spacial score (nSPS) is 49.7. The van der Waals surface area contributed by atoms with Crippen LogP contribution in [0, 0.1) is 39.9 Å². The lowest BCUT2D eigenvalue weighted by Crippen LogP contribution is -2.58. The SMILES string of the molecule is COC(=O)[C@H]1C[C@@]23CC[C@H]4[C@@](C)(CCC[C@@]4(C)C(=O)OC)[C@@H]2CC[C@@H]1C3. The van der Waals surface area contributed by atoms with Crippen molar-refractivity contribution < 1.29 is 19.1 Å². The van der Waals surface area contributed by atoms with Gasteiger partial charge in [-0.3, -0.25) is 9.59 Å². The molecule has 0 aromatic heterocycles. The largest absolute Gasteiger partial charge is 0.469 e. The zero-order valence-corrected chi connectivity index (χ0v) is 16.8. The van der Waals surface area contributed by atoms with Gasteiger partial charge in [-0.15, -0.1) is 0 Å². The van der Waals surface area contributed by atoms with Gasteiger partial charge in [0.25, 0.3) is 0 Å². The van der Waals surface area contributed by atoms with Crippen LogP contribution in [0.5, 0.6) is 0 Å². The molecule has 4 aliphatic carbocycles. The minimum Gasteiger partial charge on any atom is -0.469 e. The van der Waals surface area contributed by atoms with E-state index in [2.05, 4.69) is 13.8 Å². The number of hydrogen-bond donors (Lipinski definition) is 0. The van der Waals surface area contributed by atoms with Crippen LogP contribution < -0.4 is 0 Å². The Morgan fingerprint density at radius 3 is 2.35 bits per heavy atom. The maximum atomic E-state index is 12.7. The second-order valence-corrected chi connectivity index (χ2v) is 10.1. The van der Waals surface area contributed by atoms with E-state index < -0.39 is 0 Å². The Kier molecular flexibility index (Phi) is 4.20. The van der Waals surface area contributed by atoms with Gasteiger partial charge in [-0.2, -0.15) is 0 Å². The molecule has 0 aromatic rings. The summed E-state index contributed by atoms with van der Waals surface area (Å²) in [6.45, 7) is 4.60. The maximum Gasteiger partial charge on any atom is 0.311 e. The highest BCUT2D eigenvalue weighted by molar-refractivity contribution is 5.77. The molecule has 1 spiro atoms. The van der Waals surface area contributed by atoms with E-state index in [0.29, 0.717) is 23.2 Å². The molecule has 0 radical (unpaired) electrons. The third-order valence-electron chi connectivity index (χ3n) is 9.29. The van der Waals surface area contributed by atoms with Crippen molar-refractivity contribution in [3.8, 4) is 0 Å². The molecular formula is C22H34O4. The number of rotatable bonds is 2. The second-order valence-electron chi connectivity index (χ2n) is 10.1. The molecule has 4 rings (SSSR count). The Labute approximate surface area is 157 Å². The highest BCUT2D eigenvalue weighted by atomic mass is 16.5. The van der Waals surface area contributed by atoms with Crippen LogP contribution in [0.3, 0.4) is 0 Å². The van der Waals surface area contributed by atoms with Gasteiger partial charge in [-0.1, -0.05) is 13.3 Å². The molecule has 146 valence electrons. The molecule has 4 saturated carbocycles. The predicted molar refractivity (Wildman–Crippen MR) is 98.2 cm³/mol. The lowest BCUT2D eigenvalue weighted by Gasteiger charge is -2.63. The van der Waals surface area contributed by atoms with Crippen LogP contribution in [0.4, 0.5) is 0 Å². The Bertz CT molecular complexity index is 615. The molecular weight excluding hydrogens is 328 g/mol. The molecule has 0 aromatic carbocycles. The van der Waals surface area contributed by atoms with Crippen LogP contribution in [0.2, 0.25) is 0 Å². The Morgan fingerprint density at radius 2 is 1.65 bits per heavy atom. The first-order valence-electron chi connectivity index (χ1n) is 10.5. The lowest BCUT2D eigenvalue weighted by molar-refractivity contribution is -0.183. The van der Waals surface area contributed by atoms with Crippen LogP contribution in [0.1, 0.15) is 71.6 Å². The summed E-state index contributed by atoms with van der Waals surface area (Å²) in [6, 6.07) is 0. The number of esters is 2. The average Bonchev–Trinajstić information content (AvgIpc) is 2.90. The number of methoxy groups -OCH3 is 2. The highest BCUT2D eigenvalue weighted by Crippen LogP contribution is 2.72. The minimum absolute atomic E-state index is 0.00263. The van der Waals surface area contributed by atoms with E-state index in [1.165, 1.54) is 33.5 Å². The quantitative estimate of drug-likeness (QED) is 0.685. The van der Waals surface area contributed by atoms with Gasteiger partial charge in [-0.25, -0.2) is 0 Å². The molecule has 26 heavy (non-hydrogen) atoms. The molecule has 4 fully saturated rings. The first kappa shape index (κ1) is 18.3. The fourth-order valence-corrected chi connectivity index (χ4v) is 8.35. The van der Waals surface area contributed by atoms with Crippen molar-refractivity contribution in [2.45, 2.75) is 71.6 Å². The fourth-order valence-electron chi connectivity index (χ4n) is 8.35. The average molecular weight is 363 g/mol. The van der Waals surface area contributed by atoms with E-state index in [9.17, 15) is 9.59 Å². The molecule has 0 N–H and O–H groups in total. The van der Waals surface area contributed by atoms with Gasteiger partial charge in [0.1, 0.15) is 0 Å². The number of hydrogen-bond acceptors (Lipinski definition) is 4. The molecule has 0 amide bonds. The summed E-state index contributed by atoms with van der Waals surface area (Å²) in [4.78, 5) is 25.0. The monoisotopic (exact) mass is 362 g/mol. The highest BCUT2D eigenvalue weighted by Gasteiger charge is 2.66. The van der Waals surface area contributed by atoms with Crippen LogP contribution in [-0.2, 0) is 19.1 Å². The number of carbonyl (C=O) groups is 2. The van der Waals surface area contributed by atoms with Crippen molar-refractivity contribution in [3.05, 3.63) is 0 Å². The summed E-state index contributed by atoms with van der Waals surface area (Å²) < 4.78 is 10.4. The van der Waals surface area contributed by atoms with Crippen molar-refractivity contribution in [1.82, 2.24) is 0 Å². The molecule has 0 unspecified atom stereocenters. The number of carbonyl (C=O) groups excluding carboxylic acids is 2. The predicted octanol–water partition coefficient (Wildman–Crippen LogP) is 4.36. The van der Waals surface area contributed by atoms with Crippen LogP contribution in [0.25, 0.3) is 0 Å². The standard InChI is InChI=1S/C22H34O4/c1-20-9-5-10-21(2,19(24)26-4)16(20)8-11-22-12-14(6-7-17(20)22)15(13-22)18(23)25-3/h14-17H,5-13H2,1-4H3/t14-,15+,16+,17+,20-,21-,22+/m1/s1. The summed E-state index contributed by atoms with van der Waals surface area (Å²) >= 11 is 0. The summed E-state index contributed by atoms with van der Waals surface area (Å²) in [7, 11) is 3.06. The zero-order valence-electron chi connectivity index (χ0n) is 16.8. The van der Waals surface area contributed by atoms with E-state index in [1.54, 1.807) is 0 Å². The molecule has 2 bridgehead atoms. The van der Waals surface area contributed by atoms with Crippen LogP contribution in [0.15, 0.2) is 0 Å². The van der Waals surface area contributed by atoms with Gasteiger partial charge >= 0.3 is 11.9 Å². The van der Waals surface area contributed by atoms with E-state index in [4.69, 9.17) is 9.47 Å². The lowest BCUT2D eigenvalue weighted by atomic mass is 9.41. The summed E-state index contributed by atoms with van der Waals surface area (Å²) in [5, 5.41) is 0. The zero-order chi connectivity index (χ0) is 18.7. The van der Waals surface area contributed by atoms with E-state index in [-0.39, 0.29) is 28.7 Å². The van der Waals surface area contributed by atoms with Gasteiger partial charge in [0.05, 0.1) is 25.6 Å². The molecule has 4 nitrogen and oxygen atoms in total. The number of ether oxygens (including phenoxy) is 2. The second kappa shape index (κ2) is 5.97. The van der Waals surface area contributed by atoms with Crippen molar-refractivity contribution in [2.24, 2.45) is 39.9 Å². The Morgan fingerprint density at radius 1 is 0.885 bits per heavy atom. The smallest absolute Gasteiger partial charge is 0.311 e. The maximum absolute atomic E-state index is 12.7. The molecule has 0 saturated heterocycles. The van der Waals surface area contributed by atoms with Gasteiger partial charge in [-0.05, 0) is 86.9 Å².